The molecule has 3 nitrogen and oxygen atoms in total. The Labute approximate surface area is 155 Å². The molecule has 0 aliphatic carbocycles. The summed E-state index contributed by atoms with van der Waals surface area (Å²) in [5.41, 5.74) is 5.18. The zero-order chi connectivity index (χ0) is 18.9. The maximum absolute atomic E-state index is 13.7. The molecule has 1 spiro atoms. The molecule has 2 heterocycles. The predicted octanol–water partition coefficient (Wildman–Crippen LogP) is 5.20. The van der Waals surface area contributed by atoms with Crippen molar-refractivity contribution < 1.29 is 4.79 Å². The highest BCUT2D eigenvalue weighted by atomic mass is 16.2. The van der Waals surface area contributed by atoms with E-state index in [1.807, 2.05) is 25.2 Å². The van der Waals surface area contributed by atoms with Crippen molar-refractivity contribution in [2.75, 3.05) is 11.9 Å². The Balaban J connectivity index is 2.11. The van der Waals surface area contributed by atoms with E-state index in [0.717, 1.165) is 28.2 Å². The molecule has 0 saturated heterocycles. The number of nitrogens with zero attached hydrogens (tertiary/aromatic N) is 2. The Morgan fingerprint density at radius 1 is 1.04 bits per heavy atom. The van der Waals surface area contributed by atoms with E-state index in [1.165, 1.54) is 5.56 Å². The Hall–Kier alpha value is -2.42. The fourth-order valence-electron chi connectivity index (χ4n) is 4.42. The van der Waals surface area contributed by atoms with Crippen LogP contribution in [0.1, 0.15) is 57.2 Å². The van der Waals surface area contributed by atoms with Crippen molar-refractivity contribution in [3.63, 3.8) is 0 Å². The van der Waals surface area contributed by atoms with Crippen LogP contribution in [0, 0.1) is 5.41 Å². The molecule has 0 saturated carbocycles. The summed E-state index contributed by atoms with van der Waals surface area (Å²) in [5.74, 6) is 0.507. The Kier molecular flexibility index (Phi) is 3.46. The van der Waals surface area contributed by atoms with Gasteiger partial charge in [0.15, 0.2) is 0 Å². The molecule has 2 aliphatic heterocycles. The molecular weight excluding hydrogens is 320 g/mol. The van der Waals surface area contributed by atoms with Crippen molar-refractivity contribution in [3.05, 3.63) is 59.2 Å². The number of para-hydroxylation sites is 1. The van der Waals surface area contributed by atoms with E-state index in [-0.39, 0.29) is 11.3 Å². The second-order valence-electron chi connectivity index (χ2n) is 8.77. The van der Waals surface area contributed by atoms with Crippen LogP contribution in [-0.2, 0) is 10.2 Å². The van der Waals surface area contributed by atoms with Gasteiger partial charge in [0.1, 0.15) is 5.41 Å². The Morgan fingerprint density at radius 3 is 2.38 bits per heavy atom. The number of aliphatic imine (C=N–C) groups is 1. The third-order valence-electron chi connectivity index (χ3n) is 5.68. The van der Waals surface area contributed by atoms with E-state index >= 15 is 0 Å². The molecule has 1 amide bonds. The lowest BCUT2D eigenvalue weighted by molar-refractivity contribution is -0.119. The quantitative estimate of drug-likeness (QED) is 0.698. The molecule has 26 heavy (non-hydrogen) atoms. The van der Waals surface area contributed by atoms with Crippen LogP contribution < -0.4 is 4.90 Å². The van der Waals surface area contributed by atoms with Crippen LogP contribution in [0.5, 0.6) is 0 Å². The summed E-state index contributed by atoms with van der Waals surface area (Å²) in [6.45, 7) is 10.8. The van der Waals surface area contributed by atoms with E-state index in [9.17, 15) is 4.79 Å². The predicted molar refractivity (Wildman–Crippen MR) is 108 cm³/mol. The normalized spacial score (nSPS) is 21.4. The largest absolute Gasteiger partial charge is 0.314 e. The average Bonchev–Trinajstić information content (AvgIpc) is 3.05. The third-order valence-corrected chi connectivity index (χ3v) is 5.68. The molecule has 1 atom stereocenters. The summed E-state index contributed by atoms with van der Waals surface area (Å²) < 4.78 is 0. The van der Waals surface area contributed by atoms with Gasteiger partial charge >= 0.3 is 0 Å². The molecule has 1 unspecified atom stereocenters. The molecule has 3 heteroatoms. The first-order chi connectivity index (χ1) is 12.2. The summed E-state index contributed by atoms with van der Waals surface area (Å²) >= 11 is 0. The topological polar surface area (TPSA) is 32.7 Å². The van der Waals surface area contributed by atoms with E-state index in [0.29, 0.717) is 5.92 Å². The zero-order valence-electron chi connectivity index (χ0n) is 16.4. The minimum absolute atomic E-state index is 0.104. The van der Waals surface area contributed by atoms with Crippen LogP contribution in [0.15, 0.2) is 47.5 Å². The van der Waals surface area contributed by atoms with Crippen molar-refractivity contribution in [3.8, 4) is 0 Å². The first-order valence-electron chi connectivity index (χ1n) is 9.30. The van der Waals surface area contributed by atoms with Crippen molar-refractivity contribution >= 4 is 23.0 Å². The lowest BCUT2D eigenvalue weighted by Crippen LogP contribution is -2.48. The zero-order valence-corrected chi connectivity index (χ0v) is 16.4. The average molecular weight is 346 g/mol. The highest BCUT2D eigenvalue weighted by Crippen LogP contribution is 2.56. The number of carbonyl (C=O) groups excluding carboxylic acids is 1. The maximum Gasteiger partial charge on any atom is 0.247 e. The molecule has 0 radical (unpaired) electrons. The minimum atomic E-state index is -0.802. The number of carbonyl (C=O) groups is 1. The Morgan fingerprint density at radius 2 is 1.73 bits per heavy atom. The lowest BCUT2D eigenvalue weighted by Gasteiger charge is -2.33. The summed E-state index contributed by atoms with van der Waals surface area (Å²) in [4.78, 5) is 20.5. The molecule has 0 N–H and O–H groups in total. The summed E-state index contributed by atoms with van der Waals surface area (Å²) in [6, 6.07) is 14.6. The number of fused-ring (bicyclic) bond motifs is 4. The molecule has 4 rings (SSSR count). The standard InChI is InChI=1S/C23H26N2O/c1-14(2)15-11-12-18-17(13-15)23(20(24-18)22(3,4)5)16-9-7-8-10-19(16)25(6)21(23)26/h7-14H,1-6H3. The van der Waals surface area contributed by atoms with Gasteiger partial charge in [0.05, 0.1) is 5.69 Å². The monoisotopic (exact) mass is 346 g/mol. The number of anilines is 1. The van der Waals surface area contributed by atoms with Gasteiger partial charge in [-0.05, 0) is 23.6 Å². The lowest BCUT2D eigenvalue weighted by atomic mass is 9.65. The smallest absolute Gasteiger partial charge is 0.247 e. The van der Waals surface area contributed by atoms with E-state index in [1.54, 1.807) is 4.90 Å². The number of likely N-dealkylation sites (N-methyl/N-ethyl adjacent to an activating group) is 1. The summed E-state index contributed by atoms with van der Waals surface area (Å²) in [7, 11) is 1.88. The molecule has 134 valence electrons. The highest BCUT2D eigenvalue weighted by Gasteiger charge is 2.60. The number of amides is 1. The van der Waals surface area contributed by atoms with Crippen molar-refractivity contribution in [1.29, 1.82) is 0 Å². The van der Waals surface area contributed by atoms with Crippen LogP contribution >= 0.6 is 0 Å². The van der Waals surface area contributed by atoms with Gasteiger partial charge < -0.3 is 4.90 Å². The van der Waals surface area contributed by atoms with Crippen LogP contribution in [-0.4, -0.2) is 18.7 Å². The van der Waals surface area contributed by atoms with Crippen molar-refractivity contribution in [2.45, 2.75) is 46.0 Å². The van der Waals surface area contributed by atoms with Crippen molar-refractivity contribution in [2.24, 2.45) is 10.4 Å². The summed E-state index contributed by atoms with van der Waals surface area (Å²) in [6.07, 6.45) is 0. The minimum Gasteiger partial charge on any atom is -0.314 e. The van der Waals surface area contributed by atoms with Crippen molar-refractivity contribution in [1.82, 2.24) is 0 Å². The summed E-state index contributed by atoms with van der Waals surface area (Å²) in [5, 5.41) is 0. The number of benzene rings is 2. The number of hydrogen-bond donors (Lipinski definition) is 0. The molecule has 2 aromatic carbocycles. The molecule has 2 aromatic rings. The third kappa shape index (κ3) is 2.00. The molecule has 2 aliphatic rings. The van der Waals surface area contributed by atoms with Gasteiger partial charge in [-0.3, -0.25) is 9.79 Å². The van der Waals surface area contributed by atoms with Gasteiger partial charge in [0, 0.05) is 35.0 Å². The molecule has 0 bridgehead atoms. The SMILES string of the molecule is CC(C)c1ccc2c(c1)C1(C(=O)N(C)c3ccccc31)C(C(C)(C)C)=N2. The van der Waals surface area contributed by atoms with Crippen LogP contribution in [0.3, 0.4) is 0 Å². The van der Waals surface area contributed by atoms with Gasteiger partial charge in [0.2, 0.25) is 5.91 Å². The van der Waals surface area contributed by atoms with Gasteiger partial charge in [-0.1, -0.05) is 65.0 Å². The van der Waals surface area contributed by atoms with Crippen LogP contribution in [0.25, 0.3) is 0 Å². The van der Waals surface area contributed by atoms with Gasteiger partial charge in [-0.2, -0.15) is 0 Å². The van der Waals surface area contributed by atoms with E-state index in [2.05, 4.69) is 58.9 Å². The first-order valence-corrected chi connectivity index (χ1v) is 9.30. The fraction of sp³-hybridized carbons (Fsp3) is 0.391. The first kappa shape index (κ1) is 17.0. The molecular formula is C23H26N2O. The van der Waals surface area contributed by atoms with Gasteiger partial charge in [-0.25, -0.2) is 0 Å². The molecule has 0 aromatic heterocycles. The molecule has 0 fully saturated rings. The second-order valence-corrected chi connectivity index (χ2v) is 8.77. The van der Waals surface area contributed by atoms with E-state index in [4.69, 9.17) is 4.99 Å². The maximum atomic E-state index is 13.7. The van der Waals surface area contributed by atoms with Gasteiger partial charge in [0.25, 0.3) is 0 Å². The van der Waals surface area contributed by atoms with E-state index < -0.39 is 5.41 Å². The highest BCUT2D eigenvalue weighted by molar-refractivity contribution is 6.30. The van der Waals surface area contributed by atoms with Crippen LogP contribution in [0.2, 0.25) is 0 Å². The number of hydrogen-bond acceptors (Lipinski definition) is 2. The second kappa shape index (κ2) is 5.29. The Bertz CT molecular complexity index is 949. The van der Waals surface area contributed by atoms with Gasteiger partial charge in [-0.15, -0.1) is 0 Å². The number of rotatable bonds is 1. The fourth-order valence-corrected chi connectivity index (χ4v) is 4.42. The van der Waals surface area contributed by atoms with Crippen LogP contribution in [0.4, 0.5) is 11.4 Å².